The van der Waals surface area contributed by atoms with E-state index in [0.29, 0.717) is 0 Å². The first kappa shape index (κ1) is 10.6. The molecule has 0 atom stereocenters. The maximum absolute atomic E-state index is 4.35. The van der Waals surface area contributed by atoms with Gasteiger partial charge in [-0.15, -0.1) is 0 Å². The summed E-state index contributed by atoms with van der Waals surface area (Å²) in [5, 5.41) is 0. The summed E-state index contributed by atoms with van der Waals surface area (Å²) in [7, 11) is 0. The van der Waals surface area contributed by atoms with Gasteiger partial charge >= 0.3 is 0 Å². The fraction of sp³-hybridized carbons (Fsp3) is 0.143. The van der Waals surface area contributed by atoms with E-state index in [0.717, 1.165) is 23.4 Å². The van der Waals surface area contributed by atoms with Crippen LogP contribution in [-0.2, 0) is 6.42 Å². The van der Waals surface area contributed by atoms with Gasteiger partial charge in [0.2, 0.25) is 0 Å². The van der Waals surface area contributed by atoms with Gasteiger partial charge in [0.05, 0.1) is 5.69 Å². The summed E-state index contributed by atoms with van der Waals surface area (Å²) in [6.07, 6.45) is 10.5. The van der Waals surface area contributed by atoms with Gasteiger partial charge in [-0.3, -0.25) is 9.98 Å². The van der Waals surface area contributed by atoms with Crippen molar-refractivity contribution in [3.05, 3.63) is 59.6 Å². The van der Waals surface area contributed by atoms with Crippen LogP contribution in [0.15, 0.2) is 53.3 Å². The predicted molar refractivity (Wildman–Crippen MR) is 68.4 cm³/mol. The van der Waals surface area contributed by atoms with Crippen molar-refractivity contribution < 1.29 is 0 Å². The first-order valence-corrected chi connectivity index (χ1v) is 5.27. The van der Waals surface area contributed by atoms with Crippen LogP contribution in [0.2, 0.25) is 0 Å². The second-order valence-corrected chi connectivity index (χ2v) is 3.76. The predicted octanol–water partition coefficient (Wildman–Crippen LogP) is 3.18. The summed E-state index contributed by atoms with van der Waals surface area (Å²) in [6.45, 7) is 5.92. The van der Waals surface area contributed by atoms with E-state index in [1.807, 2.05) is 37.4 Å². The van der Waals surface area contributed by atoms with Crippen LogP contribution in [0, 0.1) is 0 Å². The lowest BCUT2D eigenvalue weighted by Crippen LogP contribution is -1.94. The van der Waals surface area contributed by atoms with Crippen LogP contribution in [0.5, 0.6) is 0 Å². The minimum atomic E-state index is 0.811. The monoisotopic (exact) mass is 210 g/mol. The zero-order valence-electron chi connectivity index (χ0n) is 9.35. The summed E-state index contributed by atoms with van der Waals surface area (Å²) in [4.78, 5) is 8.68. The lowest BCUT2D eigenvalue weighted by atomic mass is 10.1. The molecule has 2 heterocycles. The average Bonchev–Trinajstić information content (AvgIpc) is 2.27. The van der Waals surface area contributed by atoms with E-state index in [-0.39, 0.29) is 0 Å². The fourth-order valence-corrected chi connectivity index (χ4v) is 1.60. The lowest BCUT2D eigenvalue weighted by molar-refractivity contribution is 1.19. The lowest BCUT2D eigenvalue weighted by Gasteiger charge is -2.03. The second kappa shape index (κ2) is 4.71. The molecule has 0 spiro atoms. The summed E-state index contributed by atoms with van der Waals surface area (Å²) in [6, 6.07) is 4.02. The zero-order valence-corrected chi connectivity index (χ0v) is 9.35. The number of aromatic nitrogens is 1. The van der Waals surface area contributed by atoms with Crippen molar-refractivity contribution in [1.82, 2.24) is 4.98 Å². The van der Waals surface area contributed by atoms with Gasteiger partial charge in [-0.1, -0.05) is 18.7 Å². The number of allylic oxidation sites excluding steroid dienone is 4. The van der Waals surface area contributed by atoms with Crippen LogP contribution < -0.4 is 0 Å². The Morgan fingerprint density at radius 3 is 3.06 bits per heavy atom. The summed E-state index contributed by atoms with van der Waals surface area (Å²) < 4.78 is 0. The first-order chi connectivity index (χ1) is 7.75. The van der Waals surface area contributed by atoms with Crippen molar-refractivity contribution >= 4 is 12.3 Å². The molecule has 1 aromatic rings. The van der Waals surface area contributed by atoms with Crippen LogP contribution in [0.1, 0.15) is 18.2 Å². The standard InChI is InChI=1S/C14H14N2/c1-11-5-6-14-13(4-3-8-16-14)7-9-15-12(2)10-11/h3-6,8-10H,1,7H2,2H3/b6-5-,12-10?,15-9?. The van der Waals surface area contributed by atoms with E-state index >= 15 is 0 Å². The van der Waals surface area contributed by atoms with Gasteiger partial charge in [0.1, 0.15) is 0 Å². The Bertz CT molecular complexity index is 493. The summed E-state index contributed by atoms with van der Waals surface area (Å²) in [5.41, 5.74) is 4.09. The molecule has 0 fully saturated rings. The van der Waals surface area contributed by atoms with Crippen LogP contribution in [0.3, 0.4) is 0 Å². The topological polar surface area (TPSA) is 25.2 Å². The van der Waals surface area contributed by atoms with E-state index in [9.17, 15) is 0 Å². The van der Waals surface area contributed by atoms with Crippen molar-refractivity contribution in [2.45, 2.75) is 13.3 Å². The average molecular weight is 210 g/mol. The molecule has 0 aliphatic carbocycles. The minimum Gasteiger partial charge on any atom is -0.266 e. The number of aliphatic imine (C=N–C) groups is 1. The molecule has 0 amide bonds. The molecule has 0 unspecified atom stereocenters. The van der Waals surface area contributed by atoms with E-state index < -0.39 is 0 Å². The van der Waals surface area contributed by atoms with Crippen molar-refractivity contribution in [2.75, 3.05) is 0 Å². The summed E-state index contributed by atoms with van der Waals surface area (Å²) in [5.74, 6) is 0. The van der Waals surface area contributed by atoms with E-state index in [1.165, 1.54) is 5.56 Å². The highest BCUT2D eigenvalue weighted by atomic mass is 14.7. The first-order valence-electron chi connectivity index (χ1n) is 5.27. The van der Waals surface area contributed by atoms with Gasteiger partial charge in [-0.2, -0.15) is 0 Å². The Labute approximate surface area is 95.8 Å². The van der Waals surface area contributed by atoms with Crippen LogP contribution >= 0.6 is 0 Å². The quantitative estimate of drug-likeness (QED) is 0.645. The van der Waals surface area contributed by atoms with E-state index in [4.69, 9.17) is 0 Å². The molecule has 0 aromatic carbocycles. The number of pyridine rings is 1. The Hall–Kier alpha value is -1.96. The number of fused-ring (bicyclic) bond motifs is 1. The van der Waals surface area contributed by atoms with Crippen LogP contribution in [0.25, 0.3) is 6.08 Å². The highest BCUT2D eigenvalue weighted by Crippen LogP contribution is 2.12. The van der Waals surface area contributed by atoms with Crippen molar-refractivity contribution in [3.63, 3.8) is 0 Å². The van der Waals surface area contributed by atoms with Gasteiger partial charge in [0, 0.05) is 24.5 Å². The van der Waals surface area contributed by atoms with Crippen molar-refractivity contribution in [3.8, 4) is 0 Å². The molecule has 0 bridgehead atoms. The largest absolute Gasteiger partial charge is 0.266 e. The third-order valence-corrected chi connectivity index (χ3v) is 2.38. The Kier molecular flexibility index (Phi) is 3.10. The Morgan fingerprint density at radius 1 is 1.31 bits per heavy atom. The Balaban J connectivity index is 2.43. The molecule has 80 valence electrons. The fourth-order valence-electron chi connectivity index (χ4n) is 1.60. The third-order valence-electron chi connectivity index (χ3n) is 2.38. The molecule has 2 rings (SSSR count). The molecule has 16 heavy (non-hydrogen) atoms. The molecule has 0 saturated carbocycles. The molecule has 0 N–H and O–H groups in total. The van der Waals surface area contributed by atoms with Crippen molar-refractivity contribution in [2.24, 2.45) is 4.99 Å². The number of hydrogen-bond acceptors (Lipinski definition) is 2. The molecular formula is C14H14N2. The molecular weight excluding hydrogens is 196 g/mol. The Morgan fingerprint density at radius 2 is 2.19 bits per heavy atom. The SMILES string of the molecule is C=C1C=C(C)N=CCc2cccnc2/C=C\1. The van der Waals surface area contributed by atoms with E-state index in [2.05, 4.69) is 22.6 Å². The maximum Gasteiger partial charge on any atom is 0.0665 e. The van der Waals surface area contributed by atoms with Gasteiger partial charge in [-0.05, 0) is 36.3 Å². The number of rotatable bonds is 0. The molecule has 1 aliphatic rings. The highest BCUT2D eigenvalue weighted by Gasteiger charge is 1.99. The van der Waals surface area contributed by atoms with E-state index in [1.54, 1.807) is 6.20 Å². The third kappa shape index (κ3) is 2.54. The molecule has 1 aliphatic heterocycles. The molecule has 0 saturated heterocycles. The molecule has 1 aromatic heterocycles. The highest BCUT2D eigenvalue weighted by molar-refractivity contribution is 5.67. The van der Waals surface area contributed by atoms with Crippen molar-refractivity contribution in [1.29, 1.82) is 0 Å². The molecule has 2 heteroatoms. The zero-order chi connectivity index (χ0) is 11.4. The van der Waals surface area contributed by atoms with Crippen LogP contribution in [0.4, 0.5) is 0 Å². The van der Waals surface area contributed by atoms with Gasteiger partial charge in [0.15, 0.2) is 0 Å². The second-order valence-electron chi connectivity index (χ2n) is 3.76. The van der Waals surface area contributed by atoms with Gasteiger partial charge < -0.3 is 0 Å². The summed E-state index contributed by atoms with van der Waals surface area (Å²) >= 11 is 0. The molecule has 2 nitrogen and oxygen atoms in total. The molecule has 0 radical (unpaired) electrons. The van der Waals surface area contributed by atoms with Gasteiger partial charge in [0.25, 0.3) is 0 Å². The minimum absolute atomic E-state index is 0.811. The number of hydrogen-bond donors (Lipinski definition) is 0. The number of nitrogens with zero attached hydrogens (tertiary/aromatic N) is 2. The van der Waals surface area contributed by atoms with Gasteiger partial charge in [-0.25, -0.2) is 0 Å². The smallest absolute Gasteiger partial charge is 0.0665 e. The normalized spacial score (nSPS) is 17.6. The maximum atomic E-state index is 4.35. The van der Waals surface area contributed by atoms with Crippen LogP contribution in [-0.4, -0.2) is 11.2 Å².